The van der Waals surface area contributed by atoms with Crippen molar-refractivity contribution in [3.05, 3.63) is 72.8 Å². The number of hydrogen-bond acceptors (Lipinski definition) is 3. The molecule has 0 atom stereocenters. The molecular formula is C23H24N2O2. The van der Waals surface area contributed by atoms with Crippen LogP contribution in [-0.4, -0.2) is 11.9 Å². The van der Waals surface area contributed by atoms with Gasteiger partial charge in [0.1, 0.15) is 11.5 Å². The monoisotopic (exact) mass is 360 g/mol. The summed E-state index contributed by atoms with van der Waals surface area (Å²) in [6, 6.07) is 23.0. The Balaban J connectivity index is 1.87. The highest BCUT2D eigenvalue weighted by Gasteiger charge is 2.18. The van der Waals surface area contributed by atoms with Gasteiger partial charge in [0, 0.05) is 11.8 Å². The van der Waals surface area contributed by atoms with Gasteiger partial charge in [-0.2, -0.15) is 4.99 Å². The van der Waals surface area contributed by atoms with Crippen molar-refractivity contribution in [3.8, 4) is 11.5 Å². The van der Waals surface area contributed by atoms with Crippen molar-refractivity contribution in [2.24, 2.45) is 10.4 Å². The normalized spacial score (nSPS) is 12.0. The van der Waals surface area contributed by atoms with Gasteiger partial charge in [-0.3, -0.25) is 0 Å². The van der Waals surface area contributed by atoms with Crippen molar-refractivity contribution >= 4 is 22.7 Å². The van der Waals surface area contributed by atoms with Gasteiger partial charge in [0.05, 0.1) is 0 Å². The van der Waals surface area contributed by atoms with Crippen LogP contribution in [-0.2, 0) is 0 Å². The van der Waals surface area contributed by atoms with Crippen LogP contribution in [0, 0.1) is 10.8 Å². The molecule has 27 heavy (non-hydrogen) atoms. The summed E-state index contributed by atoms with van der Waals surface area (Å²) in [5.74, 6) is 1.76. The molecule has 0 aliphatic heterocycles. The Bertz CT molecular complexity index is 952. The molecule has 1 N–H and O–H groups in total. The van der Waals surface area contributed by atoms with E-state index in [1.54, 1.807) is 12.1 Å². The van der Waals surface area contributed by atoms with Gasteiger partial charge in [0.25, 0.3) is 0 Å². The van der Waals surface area contributed by atoms with Crippen molar-refractivity contribution in [1.82, 2.24) is 0 Å². The zero-order valence-electron chi connectivity index (χ0n) is 15.9. The van der Waals surface area contributed by atoms with Gasteiger partial charge >= 0.3 is 6.02 Å². The smallest absolute Gasteiger partial charge is 0.317 e. The minimum Gasteiger partial charge on any atom is -0.442 e. The first-order valence-electron chi connectivity index (χ1n) is 8.95. The second-order valence-corrected chi connectivity index (χ2v) is 7.54. The lowest BCUT2D eigenvalue weighted by molar-refractivity contribution is 0.397. The lowest BCUT2D eigenvalue weighted by Crippen LogP contribution is -2.21. The molecule has 0 heterocycles. The summed E-state index contributed by atoms with van der Waals surface area (Å²) in [6.07, 6.45) is 0.580. The van der Waals surface area contributed by atoms with Crippen molar-refractivity contribution < 1.29 is 9.47 Å². The number of nitrogens with zero attached hydrogens (tertiary/aromatic N) is 1. The highest BCUT2D eigenvalue weighted by atomic mass is 16.5. The third-order valence-corrected chi connectivity index (χ3v) is 3.84. The lowest BCUT2D eigenvalue weighted by atomic mass is 9.92. The average Bonchev–Trinajstić information content (AvgIpc) is 2.61. The molecule has 0 fully saturated rings. The Morgan fingerprint density at radius 2 is 1.52 bits per heavy atom. The predicted octanol–water partition coefficient (Wildman–Crippen LogP) is 6.07. The zero-order chi connectivity index (χ0) is 19.3. The molecule has 3 aromatic carbocycles. The van der Waals surface area contributed by atoms with Crippen LogP contribution < -0.4 is 9.47 Å². The fourth-order valence-electron chi connectivity index (χ4n) is 2.70. The predicted molar refractivity (Wildman–Crippen MR) is 111 cm³/mol. The van der Waals surface area contributed by atoms with Gasteiger partial charge in [-0.05, 0) is 29.0 Å². The zero-order valence-corrected chi connectivity index (χ0v) is 15.9. The molecule has 0 bridgehead atoms. The molecule has 0 saturated carbocycles. The molecule has 4 heteroatoms. The Labute approximate surface area is 160 Å². The van der Waals surface area contributed by atoms with E-state index in [0.717, 1.165) is 16.5 Å². The molecule has 3 rings (SSSR count). The minimum absolute atomic E-state index is 0.0452. The van der Waals surface area contributed by atoms with Crippen LogP contribution in [0.1, 0.15) is 27.2 Å². The Morgan fingerprint density at radius 1 is 0.852 bits per heavy atom. The molecule has 3 aromatic rings. The van der Waals surface area contributed by atoms with E-state index in [0.29, 0.717) is 18.1 Å². The second kappa shape index (κ2) is 8.04. The molecular weight excluding hydrogens is 336 g/mol. The molecule has 0 unspecified atom stereocenters. The van der Waals surface area contributed by atoms with E-state index < -0.39 is 0 Å². The van der Waals surface area contributed by atoms with Crippen LogP contribution in [0.2, 0.25) is 0 Å². The number of fused-ring (bicyclic) bond motifs is 1. The van der Waals surface area contributed by atoms with Gasteiger partial charge in [0.2, 0.25) is 0 Å². The number of nitrogens with one attached hydrogen (secondary N) is 1. The van der Waals surface area contributed by atoms with Crippen LogP contribution in [0.25, 0.3) is 10.8 Å². The van der Waals surface area contributed by atoms with E-state index in [4.69, 9.17) is 14.9 Å². The van der Waals surface area contributed by atoms with Gasteiger partial charge in [0.15, 0.2) is 5.90 Å². The molecule has 4 nitrogen and oxygen atoms in total. The van der Waals surface area contributed by atoms with Crippen molar-refractivity contribution in [2.45, 2.75) is 27.2 Å². The summed E-state index contributed by atoms with van der Waals surface area (Å²) < 4.78 is 11.6. The Hall–Kier alpha value is -3.14. The molecule has 0 saturated heterocycles. The van der Waals surface area contributed by atoms with Crippen LogP contribution >= 0.6 is 0 Å². The second-order valence-electron chi connectivity index (χ2n) is 7.54. The molecule has 0 spiro atoms. The molecule has 0 aromatic heterocycles. The van der Waals surface area contributed by atoms with Gasteiger partial charge in [-0.1, -0.05) is 75.4 Å². The summed E-state index contributed by atoms with van der Waals surface area (Å²) in [5.41, 5.74) is -0.0452. The van der Waals surface area contributed by atoms with E-state index in [2.05, 4.69) is 25.8 Å². The largest absolute Gasteiger partial charge is 0.442 e. The van der Waals surface area contributed by atoms with Crippen LogP contribution in [0.5, 0.6) is 11.5 Å². The average molecular weight is 360 g/mol. The minimum atomic E-state index is -0.194. The van der Waals surface area contributed by atoms with Gasteiger partial charge < -0.3 is 9.47 Å². The Morgan fingerprint density at radius 3 is 2.26 bits per heavy atom. The summed E-state index contributed by atoms with van der Waals surface area (Å²) in [6.45, 7) is 6.32. The SMILES string of the molecule is CC(C)(C)CC(=NC(=N)Oc1ccccc1)Oc1cccc2ccccc12. The first-order chi connectivity index (χ1) is 12.9. The first-order valence-corrected chi connectivity index (χ1v) is 8.95. The molecule has 0 aliphatic carbocycles. The van der Waals surface area contributed by atoms with Crippen LogP contribution in [0.15, 0.2) is 77.8 Å². The topological polar surface area (TPSA) is 54.7 Å². The number of benzene rings is 3. The quantitative estimate of drug-likeness (QED) is 0.455. The number of amidine groups is 1. The third-order valence-electron chi connectivity index (χ3n) is 3.84. The van der Waals surface area contributed by atoms with Gasteiger partial charge in [-0.15, -0.1) is 0 Å². The van der Waals surface area contributed by atoms with E-state index in [-0.39, 0.29) is 11.4 Å². The third kappa shape index (κ3) is 5.42. The standard InChI is InChI=1S/C23H24N2O2/c1-23(2,3)16-21(25-22(24)26-18-12-5-4-6-13-18)27-20-15-9-11-17-10-7-8-14-19(17)20/h4-15,24H,16H2,1-3H3. The molecule has 0 amide bonds. The number of para-hydroxylation sites is 1. The number of aliphatic imine (C=N–C) groups is 1. The molecule has 138 valence electrons. The molecule has 0 aliphatic rings. The fourth-order valence-corrected chi connectivity index (χ4v) is 2.70. The summed E-state index contributed by atoms with van der Waals surface area (Å²) >= 11 is 0. The number of ether oxygens (including phenoxy) is 2. The maximum atomic E-state index is 8.10. The summed E-state index contributed by atoms with van der Waals surface area (Å²) in [4.78, 5) is 4.31. The summed E-state index contributed by atoms with van der Waals surface area (Å²) in [7, 11) is 0. The number of rotatable bonds is 3. The fraction of sp³-hybridized carbons (Fsp3) is 0.217. The highest BCUT2D eigenvalue weighted by molar-refractivity contribution is 5.95. The van der Waals surface area contributed by atoms with Gasteiger partial charge in [-0.25, -0.2) is 5.41 Å². The lowest BCUT2D eigenvalue weighted by Gasteiger charge is -2.20. The van der Waals surface area contributed by atoms with E-state index >= 15 is 0 Å². The number of hydrogen-bond donors (Lipinski definition) is 1. The first kappa shape index (κ1) is 18.6. The van der Waals surface area contributed by atoms with Crippen molar-refractivity contribution in [1.29, 1.82) is 5.41 Å². The summed E-state index contributed by atoms with van der Waals surface area (Å²) in [5, 5.41) is 10.2. The van der Waals surface area contributed by atoms with E-state index in [1.165, 1.54) is 0 Å². The van der Waals surface area contributed by atoms with Crippen LogP contribution in [0.3, 0.4) is 0 Å². The maximum absolute atomic E-state index is 8.10. The van der Waals surface area contributed by atoms with Crippen LogP contribution in [0.4, 0.5) is 0 Å². The van der Waals surface area contributed by atoms with Crippen molar-refractivity contribution in [3.63, 3.8) is 0 Å². The van der Waals surface area contributed by atoms with E-state index in [1.807, 2.05) is 60.7 Å². The molecule has 0 radical (unpaired) electrons. The maximum Gasteiger partial charge on any atom is 0.317 e. The Kier molecular flexibility index (Phi) is 5.55. The highest BCUT2D eigenvalue weighted by Crippen LogP contribution is 2.27. The van der Waals surface area contributed by atoms with Crippen molar-refractivity contribution in [2.75, 3.05) is 0 Å². The van der Waals surface area contributed by atoms with E-state index in [9.17, 15) is 0 Å².